The minimum Gasteiger partial charge on any atom is -0.496 e. The molecule has 0 aliphatic heterocycles. The summed E-state index contributed by atoms with van der Waals surface area (Å²) in [5.41, 5.74) is 1.92. The highest BCUT2D eigenvalue weighted by Gasteiger charge is 2.12. The minimum atomic E-state index is -0.476. The summed E-state index contributed by atoms with van der Waals surface area (Å²) < 4.78 is 10.0. The molecule has 26 heavy (non-hydrogen) atoms. The van der Waals surface area contributed by atoms with Crippen LogP contribution in [0.2, 0.25) is 0 Å². The fraction of sp³-hybridized carbons (Fsp3) is 0.300. The second kappa shape index (κ2) is 10.2. The number of para-hydroxylation sites is 2. The van der Waals surface area contributed by atoms with Crippen molar-refractivity contribution in [1.82, 2.24) is 5.32 Å². The molecule has 0 aliphatic rings. The standard InChI is InChI=1S/C20H24N2O4/c1-25-18-10-6-3-7-15(18)11-13-21-14-12-19(23)22-17-9-5-4-8-16(17)20(24)26-2/h3-10,21H,11-14H2,1-2H3,(H,22,23). The molecule has 0 aromatic heterocycles. The maximum atomic E-state index is 12.1. The Morgan fingerprint density at radius 3 is 2.46 bits per heavy atom. The number of benzene rings is 2. The third-order valence-electron chi connectivity index (χ3n) is 3.90. The molecule has 0 heterocycles. The maximum Gasteiger partial charge on any atom is 0.339 e. The third kappa shape index (κ3) is 5.60. The molecule has 2 aromatic rings. The first kappa shape index (κ1) is 19.5. The van der Waals surface area contributed by atoms with E-state index in [1.807, 2.05) is 24.3 Å². The molecule has 1 amide bonds. The van der Waals surface area contributed by atoms with E-state index in [4.69, 9.17) is 9.47 Å². The molecule has 138 valence electrons. The van der Waals surface area contributed by atoms with Gasteiger partial charge in [-0.1, -0.05) is 30.3 Å². The van der Waals surface area contributed by atoms with Crippen LogP contribution in [-0.2, 0) is 16.0 Å². The lowest BCUT2D eigenvalue weighted by Crippen LogP contribution is -2.24. The Morgan fingerprint density at radius 2 is 1.69 bits per heavy atom. The predicted octanol–water partition coefficient (Wildman–Crippen LogP) is 2.64. The molecular formula is C20H24N2O4. The van der Waals surface area contributed by atoms with E-state index in [0.717, 1.165) is 24.3 Å². The van der Waals surface area contributed by atoms with Crippen LogP contribution in [0.1, 0.15) is 22.3 Å². The Bertz CT molecular complexity index is 746. The number of amides is 1. The molecule has 6 heteroatoms. The van der Waals surface area contributed by atoms with Gasteiger partial charge in [0.25, 0.3) is 0 Å². The number of anilines is 1. The van der Waals surface area contributed by atoms with Crippen LogP contribution in [0, 0.1) is 0 Å². The summed E-state index contributed by atoms with van der Waals surface area (Å²) in [4.78, 5) is 23.8. The van der Waals surface area contributed by atoms with Gasteiger partial charge in [0.2, 0.25) is 5.91 Å². The van der Waals surface area contributed by atoms with Crippen molar-refractivity contribution in [2.24, 2.45) is 0 Å². The summed E-state index contributed by atoms with van der Waals surface area (Å²) in [5, 5.41) is 6.00. The highest BCUT2D eigenvalue weighted by Crippen LogP contribution is 2.17. The number of carbonyl (C=O) groups is 2. The molecule has 0 atom stereocenters. The summed E-state index contributed by atoms with van der Waals surface area (Å²) >= 11 is 0. The number of hydrogen-bond donors (Lipinski definition) is 2. The summed E-state index contributed by atoms with van der Waals surface area (Å²) in [6.07, 6.45) is 1.12. The fourth-order valence-electron chi connectivity index (χ4n) is 2.55. The lowest BCUT2D eigenvalue weighted by Gasteiger charge is -2.10. The molecule has 0 saturated heterocycles. The summed E-state index contributed by atoms with van der Waals surface area (Å²) in [6.45, 7) is 1.29. The van der Waals surface area contributed by atoms with E-state index in [1.165, 1.54) is 7.11 Å². The minimum absolute atomic E-state index is 0.161. The molecule has 2 aromatic carbocycles. The molecule has 0 unspecified atom stereocenters. The first-order valence-corrected chi connectivity index (χ1v) is 8.45. The van der Waals surface area contributed by atoms with Crippen molar-refractivity contribution in [3.8, 4) is 5.75 Å². The number of nitrogens with one attached hydrogen (secondary N) is 2. The van der Waals surface area contributed by atoms with Crippen LogP contribution >= 0.6 is 0 Å². The lowest BCUT2D eigenvalue weighted by atomic mass is 10.1. The SMILES string of the molecule is COC(=O)c1ccccc1NC(=O)CCNCCc1ccccc1OC. The average molecular weight is 356 g/mol. The van der Waals surface area contributed by atoms with Crippen LogP contribution in [0.3, 0.4) is 0 Å². The van der Waals surface area contributed by atoms with Crippen LogP contribution in [0.25, 0.3) is 0 Å². The van der Waals surface area contributed by atoms with Gasteiger partial charge >= 0.3 is 5.97 Å². The monoisotopic (exact) mass is 356 g/mol. The van der Waals surface area contributed by atoms with Crippen LogP contribution < -0.4 is 15.4 Å². The predicted molar refractivity (Wildman–Crippen MR) is 101 cm³/mol. The van der Waals surface area contributed by atoms with Crippen molar-refractivity contribution >= 4 is 17.6 Å². The second-order valence-corrected chi connectivity index (χ2v) is 5.65. The summed E-state index contributed by atoms with van der Waals surface area (Å²) in [6, 6.07) is 14.6. The third-order valence-corrected chi connectivity index (χ3v) is 3.90. The molecule has 0 fully saturated rings. The molecule has 2 rings (SSSR count). The quantitative estimate of drug-likeness (QED) is 0.534. The Hall–Kier alpha value is -2.86. The smallest absolute Gasteiger partial charge is 0.339 e. The van der Waals surface area contributed by atoms with Crippen LogP contribution in [0.15, 0.2) is 48.5 Å². The lowest BCUT2D eigenvalue weighted by molar-refractivity contribution is -0.116. The largest absolute Gasteiger partial charge is 0.496 e. The van der Waals surface area contributed by atoms with E-state index in [2.05, 4.69) is 10.6 Å². The number of ether oxygens (including phenoxy) is 2. The van der Waals surface area contributed by atoms with Gasteiger partial charge in [0, 0.05) is 13.0 Å². The first-order valence-electron chi connectivity index (χ1n) is 8.45. The molecule has 0 bridgehead atoms. The van der Waals surface area contributed by atoms with Crippen molar-refractivity contribution in [3.05, 3.63) is 59.7 Å². The molecule has 0 aliphatic carbocycles. The number of esters is 1. The van der Waals surface area contributed by atoms with E-state index in [-0.39, 0.29) is 5.91 Å². The topological polar surface area (TPSA) is 76.7 Å². The van der Waals surface area contributed by atoms with Crippen molar-refractivity contribution in [1.29, 1.82) is 0 Å². The molecular weight excluding hydrogens is 332 g/mol. The number of hydrogen-bond acceptors (Lipinski definition) is 5. The van der Waals surface area contributed by atoms with E-state index < -0.39 is 5.97 Å². The number of methoxy groups -OCH3 is 2. The van der Waals surface area contributed by atoms with Crippen LogP contribution in [0.4, 0.5) is 5.69 Å². The van der Waals surface area contributed by atoms with Crippen LogP contribution in [-0.4, -0.2) is 39.2 Å². The van der Waals surface area contributed by atoms with Gasteiger partial charge < -0.3 is 20.1 Å². The Labute approximate surface area is 153 Å². The van der Waals surface area contributed by atoms with Crippen LogP contribution in [0.5, 0.6) is 5.75 Å². The molecule has 0 spiro atoms. The maximum absolute atomic E-state index is 12.1. The van der Waals surface area contributed by atoms with E-state index in [1.54, 1.807) is 31.4 Å². The summed E-state index contributed by atoms with van der Waals surface area (Å²) in [5.74, 6) is 0.230. The van der Waals surface area contributed by atoms with E-state index in [0.29, 0.717) is 24.2 Å². The molecule has 6 nitrogen and oxygen atoms in total. The van der Waals surface area contributed by atoms with Gasteiger partial charge in [-0.3, -0.25) is 4.79 Å². The zero-order valence-corrected chi connectivity index (χ0v) is 15.1. The average Bonchev–Trinajstić information content (AvgIpc) is 2.67. The molecule has 2 N–H and O–H groups in total. The van der Waals surface area contributed by atoms with E-state index in [9.17, 15) is 9.59 Å². The van der Waals surface area contributed by atoms with Gasteiger partial charge in [-0.05, 0) is 36.7 Å². The first-order chi connectivity index (χ1) is 12.7. The Balaban J connectivity index is 1.75. The fourth-order valence-corrected chi connectivity index (χ4v) is 2.55. The molecule has 0 saturated carbocycles. The number of carbonyl (C=O) groups excluding carboxylic acids is 2. The zero-order valence-electron chi connectivity index (χ0n) is 15.1. The van der Waals surface area contributed by atoms with Crippen molar-refractivity contribution in [3.63, 3.8) is 0 Å². The summed E-state index contributed by atoms with van der Waals surface area (Å²) in [7, 11) is 2.97. The van der Waals surface area contributed by atoms with Gasteiger partial charge in [-0.2, -0.15) is 0 Å². The van der Waals surface area contributed by atoms with Crippen molar-refractivity contribution in [2.45, 2.75) is 12.8 Å². The number of rotatable bonds is 9. The van der Waals surface area contributed by atoms with Crippen molar-refractivity contribution < 1.29 is 19.1 Å². The Morgan fingerprint density at radius 1 is 0.962 bits per heavy atom. The zero-order chi connectivity index (χ0) is 18.8. The van der Waals surface area contributed by atoms with Gasteiger partial charge in [0.15, 0.2) is 0 Å². The van der Waals surface area contributed by atoms with Crippen molar-refractivity contribution in [2.75, 3.05) is 32.6 Å². The second-order valence-electron chi connectivity index (χ2n) is 5.65. The van der Waals surface area contributed by atoms with Gasteiger partial charge in [0.1, 0.15) is 5.75 Å². The molecule has 0 radical (unpaired) electrons. The highest BCUT2D eigenvalue weighted by molar-refractivity contribution is 6.01. The highest BCUT2D eigenvalue weighted by atomic mass is 16.5. The van der Waals surface area contributed by atoms with Gasteiger partial charge in [-0.25, -0.2) is 4.79 Å². The van der Waals surface area contributed by atoms with E-state index >= 15 is 0 Å². The van der Waals surface area contributed by atoms with Gasteiger partial charge in [0.05, 0.1) is 25.5 Å². The van der Waals surface area contributed by atoms with Gasteiger partial charge in [-0.15, -0.1) is 0 Å². The Kier molecular flexibility index (Phi) is 7.64. The normalized spacial score (nSPS) is 10.2.